The first kappa shape index (κ1) is 29.6. The molecule has 42 heavy (non-hydrogen) atoms. The highest BCUT2D eigenvalue weighted by atomic mass is 35.5. The van der Waals surface area contributed by atoms with E-state index in [0.29, 0.717) is 35.6 Å². The number of nitrogens with zero attached hydrogens (tertiary/aromatic N) is 2. The van der Waals surface area contributed by atoms with Crippen LogP contribution in [0.1, 0.15) is 64.4 Å². The predicted molar refractivity (Wildman–Crippen MR) is 163 cm³/mol. The molecule has 0 unspecified atom stereocenters. The van der Waals surface area contributed by atoms with E-state index < -0.39 is 29.6 Å². The van der Waals surface area contributed by atoms with Gasteiger partial charge < -0.3 is 25.2 Å². The van der Waals surface area contributed by atoms with Gasteiger partial charge in [0.05, 0.1) is 17.9 Å². The fourth-order valence-electron chi connectivity index (χ4n) is 8.06. The number of nitrogens with one attached hydrogen (secondary N) is 2. The number of halogens is 1. The van der Waals surface area contributed by atoms with Gasteiger partial charge in [-0.2, -0.15) is 0 Å². The van der Waals surface area contributed by atoms with Crippen LogP contribution < -0.4 is 10.6 Å². The second-order valence-electron chi connectivity index (χ2n) is 13.3. The van der Waals surface area contributed by atoms with Gasteiger partial charge in [-0.25, -0.2) is 0 Å². The van der Waals surface area contributed by atoms with Crippen molar-refractivity contribution in [2.75, 3.05) is 31.5 Å². The molecule has 2 bridgehead atoms. The summed E-state index contributed by atoms with van der Waals surface area (Å²) < 4.78 is 6.55. The molecule has 0 aromatic heterocycles. The number of rotatable bonds is 7. The van der Waals surface area contributed by atoms with Crippen molar-refractivity contribution in [2.45, 2.75) is 89.5 Å². The zero-order chi connectivity index (χ0) is 29.6. The van der Waals surface area contributed by atoms with Crippen molar-refractivity contribution < 1.29 is 19.1 Å². The molecule has 6 rings (SSSR count). The maximum absolute atomic E-state index is 14.3. The van der Waals surface area contributed by atoms with Crippen LogP contribution in [-0.4, -0.2) is 77.5 Å². The lowest BCUT2D eigenvalue weighted by Gasteiger charge is -2.38. The first-order chi connectivity index (χ1) is 20.2. The van der Waals surface area contributed by atoms with Crippen molar-refractivity contribution in [3.63, 3.8) is 0 Å². The highest BCUT2D eigenvalue weighted by Crippen LogP contribution is 2.55. The molecule has 4 aliphatic heterocycles. The number of amides is 3. The van der Waals surface area contributed by atoms with Crippen LogP contribution in [0, 0.1) is 30.6 Å². The average molecular weight is 597 g/mol. The molecule has 1 aromatic rings. The van der Waals surface area contributed by atoms with E-state index in [9.17, 15) is 14.4 Å². The minimum Gasteiger partial charge on any atom is -0.359 e. The van der Waals surface area contributed by atoms with Crippen molar-refractivity contribution in [3.8, 4) is 0 Å². The molecule has 8 nitrogen and oxygen atoms in total. The van der Waals surface area contributed by atoms with Crippen LogP contribution in [0.3, 0.4) is 0 Å². The molecule has 1 saturated carbocycles. The summed E-state index contributed by atoms with van der Waals surface area (Å²) >= 11 is 6.32. The molecule has 1 aromatic carbocycles. The Morgan fingerprint density at radius 3 is 2.55 bits per heavy atom. The first-order valence-corrected chi connectivity index (χ1v) is 16.3. The van der Waals surface area contributed by atoms with Gasteiger partial charge >= 0.3 is 0 Å². The monoisotopic (exact) mass is 596 g/mol. The molecule has 1 aliphatic carbocycles. The third-order valence-corrected chi connectivity index (χ3v) is 11.2. The molecular weight excluding hydrogens is 552 g/mol. The topological polar surface area (TPSA) is 91.0 Å². The molecule has 228 valence electrons. The number of anilines is 1. The van der Waals surface area contributed by atoms with Crippen LogP contribution in [0.5, 0.6) is 0 Å². The summed E-state index contributed by atoms with van der Waals surface area (Å²) in [4.78, 5) is 46.5. The molecule has 0 radical (unpaired) electrons. The third kappa shape index (κ3) is 5.28. The minimum atomic E-state index is -1.15. The van der Waals surface area contributed by atoms with Crippen LogP contribution >= 0.6 is 11.6 Å². The fraction of sp³-hybridized carbons (Fsp3) is 0.667. The lowest BCUT2D eigenvalue weighted by molar-refractivity contribution is -0.141. The van der Waals surface area contributed by atoms with Crippen molar-refractivity contribution in [1.82, 2.24) is 15.1 Å². The van der Waals surface area contributed by atoms with Crippen molar-refractivity contribution >= 4 is 35.0 Å². The summed E-state index contributed by atoms with van der Waals surface area (Å²) in [5.41, 5.74) is 0.345. The van der Waals surface area contributed by atoms with E-state index in [1.807, 2.05) is 31.2 Å². The number of ether oxygens (including phenoxy) is 1. The number of hydrogen-bond donors (Lipinski definition) is 2. The lowest BCUT2D eigenvalue weighted by atomic mass is 9.73. The molecule has 1 spiro atoms. The number of fused-ring (bicyclic) bond motifs is 1. The summed E-state index contributed by atoms with van der Waals surface area (Å²) in [6, 6.07) is 4.65. The first-order valence-electron chi connectivity index (χ1n) is 16.0. The Kier molecular flexibility index (Phi) is 8.42. The minimum absolute atomic E-state index is 0.0622. The second-order valence-corrected chi connectivity index (χ2v) is 13.7. The van der Waals surface area contributed by atoms with E-state index in [2.05, 4.69) is 29.4 Å². The molecule has 4 fully saturated rings. The smallest absolute Gasteiger partial charge is 0.246 e. The average Bonchev–Trinajstić information content (AvgIpc) is 3.51. The van der Waals surface area contributed by atoms with Crippen LogP contribution in [0.4, 0.5) is 5.69 Å². The number of aryl methyl sites for hydroxylation is 1. The van der Waals surface area contributed by atoms with Crippen LogP contribution in [0.2, 0.25) is 5.02 Å². The maximum Gasteiger partial charge on any atom is 0.246 e. The van der Waals surface area contributed by atoms with Gasteiger partial charge in [-0.15, -0.1) is 0 Å². The summed E-state index contributed by atoms with van der Waals surface area (Å²) in [6.07, 6.45) is 11.2. The molecule has 5 aliphatic rings. The van der Waals surface area contributed by atoms with Crippen LogP contribution in [-0.2, 0) is 19.1 Å². The van der Waals surface area contributed by atoms with E-state index in [4.69, 9.17) is 16.3 Å². The van der Waals surface area contributed by atoms with E-state index in [1.54, 1.807) is 11.0 Å². The summed E-state index contributed by atoms with van der Waals surface area (Å²) in [6.45, 7) is 9.53. The predicted octanol–water partition coefficient (Wildman–Crippen LogP) is 4.55. The Labute approximate surface area is 254 Å². The Hall–Kier alpha value is -2.42. The maximum atomic E-state index is 14.3. The number of benzene rings is 1. The molecule has 9 heteroatoms. The highest BCUT2D eigenvalue weighted by molar-refractivity contribution is 6.31. The number of hydrogen-bond acceptors (Lipinski definition) is 5. The normalized spacial score (nSPS) is 36.1. The standard InChI is InChI=1S/C33H45ClN4O4/c1-20-9-8-10-25(22(20)3)36-31(40)29-33-14-13-26(42-33)27(30(39)35-23-12-11-21(2)24(34)19-23)28(33)32(41)38(29)18-17-37-15-6-4-5-7-16-37/h11-14,19-20,22,25-29H,4-10,15-18H2,1-3H3,(H,35,39)(H,36,40)/t20-,22+,25-,26+,27-,28+,29+,33+/m1/s1. The van der Waals surface area contributed by atoms with E-state index in [1.165, 1.54) is 19.3 Å². The highest BCUT2D eigenvalue weighted by Gasteiger charge is 2.72. The van der Waals surface area contributed by atoms with Gasteiger partial charge in [0.25, 0.3) is 0 Å². The molecule has 4 heterocycles. The Balaban J connectivity index is 1.27. The largest absolute Gasteiger partial charge is 0.359 e. The van der Waals surface area contributed by atoms with Crippen LogP contribution in [0.15, 0.2) is 30.4 Å². The fourth-order valence-corrected chi connectivity index (χ4v) is 8.24. The molecular formula is C33H45ClN4O4. The molecule has 8 atom stereocenters. The quantitative estimate of drug-likeness (QED) is 0.451. The molecule has 3 saturated heterocycles. The zero-order valence-electron chi connectivity index (χ0n) is 25.1. The van der Waals surface area contributed by atoms with Gasteiger partial charge in [0.2, 0.25) is 17.7 Å². The number of carbonyl (C=O) groups excluding carboxylic acids is 3. The third-order valence-electron chi connectivity index (χ3n) is 10.8. The van der Waals surface area contributed by atoms with Gasteiger partial charge in [-0.1, -0.05) is 69.4 Å². The van der Waals surface area contributed by atoms with Crippen LogP contribution in [0.25, 0.3) is 0 Å². The zero-order valence-corrected chi connectivity index (χ0v) is 25.9. The molecule has 3 amide bonds. The van der Waals surface area contributed by atoms with Crippen molar-refractivity contribution in [1.29, 1.82) is 0 Å². The van der Waals surface area contributed by atoms with E-state index in [-0.39, 0.29) is 23.8 Å². The summed E-state index contributed by atoms with van der Waals surface area (Å²) in [5.74, 6) is -1.21. The van der Waals surface area contributed by atoms with Crippen molar-refractivity contribution in [2.24, 2.45) is 23.7 Å². The van der Waals surface area contributed by atoms with Gasteiger partial charge in [0, 0.05) is 29.8 Å². The summed E-state index contributed by atoms with van der Waals surface area (Å²) in [5, 5.41) is 6.89. The Morgan fingerprint density at radius 2 is 1.81 bits per heavy atom. The second kappa shape index (κ2) is 11.9. The van der Waals surface area contributed by atoms with E-state index >= 15 is 0 Å². The van der Waals surface area contributed by atoms with Gasteiger partial charge in [-0.05, 0) is 68.8 Å². The SMILES string of the molecule is Cc1ccc(NC(=O)[C@@H]2[C@@H]3C=C[C@]4(O3)[C@@H]2C(=O)N(CCN2CCCCCC2)[C@H]4C(=O)N[C@@H]2CCC[C@@H](C)[C@@H]2C)cc1Cl. The van der Waals surface area contributed by atoms with Gasteiger partial charge in [0.1, 0.15) is 11.6 Å². The number of likely N-dealkylation sites (tertiary alicyclic amines) is 2. The number of carbonyl (C=O) groups is 3. The van der Waals surface area contributed by atoms with Gasteiger partial charge in [0.15, 0.2) is 0 Å². The van der Waals surface area contributed by atoms with Crippen molar-refractivity contribution in [3.05, 3.63) is 40.9 Å². The Bertz CT molecular complexity index is 1250. The Morgan fingerprint density at radius 1 is 1.05 bits per heavy atom. The lowest BCUT2D eigenvalue weighted by Crippen LogP contribution is -2.58. The molecule has 2 N–H and O–H groups in total. The van der Waals surface area contributed by atoms with Gasteiger partial charge in [-0.3, -0.25) is 14.4 Å². The summed E-state index contributed by atoms with van der Waals surface area (Å²) in [7, 11) is 0. The van der Waals surface area contributed by atoms with E-state index in [0.717, 1.165) is 44.3 Å².